The largest absolute Gasteiger partial charge is 0.331 e. The van der Waals surface area contributed by atoms with Crippen LogP contribution in [0.4, 0.5) is 0 Å². The van der Waals surface area contributed by atoms with Crippen molar-refractivity contribution < 1.29 is 4.52 Å². The van der Waals surface area contributed by atoms with Crippen molar-refractivity contribution in [1.29, 1.82) is 0 Å². The lowest BCUT2D eigenvalue weighted by molar-refractivity contribution is 0.261. The average molecular weight is 248 g/mol. The summed E-state index contributed by atoms with van der Waals surface area (Å²) in [7, 11) is -0.533. The Kier molecular flexibility index (Phi) is 10.7. The highest BCUT2D eigenvalue weighted by molar-refractivity contribution is 7.47. The molecule has 0 aliphatic rings. The van der Waals surface area contributed by atoms with E-state index in [0.29, 0.717) is 0 Å². The van der Waals surface area contributed by atoms with E-state index < -0.39 is 8.45 Å². The minimum Gasteiger partial charge on any atom is -0.331 e. The number of unbranched alkanes of at least 4 members (excludes halogenated alkanes) is 1. The van der Waals surface area contributed by atoms with Crippen molar-refractivity contribution >= 4 is 8.45 Å². The first-order valence-electron chi connectivity index (χ1n) is 6.67. The van der Waals surface area contributed by atoms with Gasteiger partial charge in [0.15, 0.2) is 8.45 Å². The minimum atomic E-state index is -0.533. The molecule has 0 spiro atoms. The molecule has 98 valence electrons. The van der Waals surface area contributed by atoms with Crippen LogP contribution in [-0.4, -0.2) is 42.1 Å². The fraction of sp³-hybridized carbons (Fsp3) is 1.00. The molecule has 0 aliphatic heterocycles. The lowest BCUT2D eigenvalue weighted by Crippen LogP contribution is -2.30. The number of hydrogen-bond acceptors (Lipinski definition) is 3. The first kappa shape index (κ1) is 16.3. The molecule has 4 heteroatoms. The predicted molar refractivity (Wildman–Crippen MR) is 73.6 cm³/mol. The van der Waals surface area contributed by atoms with E-state index in [4.69, 9.17) is 4.52 Å². The van der Waals surface area contributed by atoms with Crippen LogP contribution in [0.1, 0.15) is 47.5 Å². The molecule has 0 N–H and O–H groups in total. The molecule has 0 bridgehead atoms. The lowest BCUT2D eigenvalue weighted by atomic mass is 10.4. The maximum absolute atomic E-state index is 6.09. The lowest BCUT2D eigenvalue weighted by Gasteiger charge is -2.35. The van der Waals surface area contributed by atoms with Crippen molar-refractivity contribution in [2.75, 3.05) is 32.8 Å². The zero-order chi connectivity index (χ0) is 12.4. The summed E-state index contributed by atoms with van der Waals surface area (Å²) in [4.78, 5) is 0. The normalized spacial score (nSPS) is 12.0. The van der Waals surface area contributed by atoms with Gasteiger partial charge in [-0.05, 0) is 6.42 Å². The summed E-state index contributed by atoms with van der Waals surface area (Å²) in [6.07, 6.45) is 2.38. The Hall–Kier alpha value is 0.310. The number of nitrogens with zero attached hydrogens (tertiary/aromatic N) is 2. The smallest absolute Gasteiger partial charge is 0.187 e. The second kappa shape index (κ2) is 10.5. The summed E-state index contributed by atoms with van der Waals surface area (Å²) in [6.45, 7) is 16.3. The molecule has 3 nitrogen and oxygen atoms in total. The van der Waals surface area contributed by atoms with Crippen LogP contribution in [0.25, 0.3) is 0 Å². The molecular weight excluding hydrogens is 219 g/mol. The third-order valence-electron chi connectivity index (χ3n) is 2.65. The van der Waals surface area contributed by atoms with Crippen molar-refractivity contribution in [1.82, 2.24) is 9.34 Å². The van der Waals surface area contributed by atoms with Gasteiger partial charge in [-0.2, -0.15) is 0 Å². The SMILES string of the molecule is CCCCOP(N(CC)CC)N(CC)CC. The van der Waals surface area contributed by atoms with Crippen molar-refractivity contribution in [2.45, 2.75) is 47.5 Å². The van der Waals surface area contributed by atoms with E-state index in [9.17, 15) is 0 Å². The van der Waals surface area contributed by atoms with Crippen LogP contribution in [0.5, 0.6) is 0 Å². The van der Waals surface area contributed by atoms with Gasteiger partial charge in [0.1, 0.15) is 0 Å². The van der Waals surface area contributed by atoms with Gasteiger partial charge in [0, 0.05) is 26.2 Å². The molecule has 0 atom stereocenters. The van der Waals surface area contributed by atoms with Gasteiger partial charge in [-0.3, -0.25) is 0 Å². The Morgan fingerprint density at radius 3 is 1.56 bits per heavy atom. The van der Waals surface area contributed by atoms with Crippen LogP contribution < -0.4 is 0 Å². The molecule has 0 radical (unpaired) electrons. The summed E-state index contributed by atoms with van der Waals surface area (Å²) in [5, 5.41) is 0. The Labute approximate surface area is 103 Å². The van der Waals surface area contributed by atoms with E-state index in [1.165, 1.54) is 12.8 Å². The zero-order valence-electron chi connectivity index (χ0n) is 11.7. The standard InChI is InChI=1S/C12H29N2OP/c1-6-11-12-15-16(13(7-2)8-3)14(9-4)10-5/h6-12H2,1-5H3. The zero-order valence-corrected chi connectivity index (χ0v) is 12.6. The molecule has 0 heterocycles. The second-order valence-corrected chi connectivity index (χ2v) is 5.61. The molecule has 0 saturated carbocycles. The maximum atomic E-state index is 6.09. The van der Waals surface area contributed by atoms with Gasteiger partial charge in [0.2, 0.25) is 0 Å². The summed E-state index contributed by atoms with van der Waals surface area (Å²) in [6, 6.07) is 0. The van der Waals surface area contributed by atoms with E-state index in [2.05, 4.69) is 44.0 Å². The molecule has 0 aliphatic carbocycles. The van der Waals surface area contributed by atoms with Gasteiger partial charge >= 0.3 is 0 Å². The molecule has 0 aromatic carbocycles. The first-order chi connectivity index (χ1) is 7.74. The van der Waals surface area contributed by atoms with Crippen molar-refractivity contribution in [3.8, 4) is 0 Å². The molecule has 0 unspecified atom stereocenters. The summed E-state index contributed by atoms with van der Waals surface area (Å²) >= 11 is 0. The third-order valence-corrected chi connectivity index (χ3v) is 5.16. The summed E-state index contributed by atoms with van der Waals surface area (Å²) < 4.78 is 11.0. The minimum absolute atomic E-state index is 0.533. The van der Waals surface area contributed by atoms with Crippen LogP contribution in [0, 0.1) is 0 Å². The Balaban J connectivity index is 4.34. The van der Waals surface area contributed by atoms with Gasteiger partial charge in [-0.15, -0.1) is 0 Å². The molecule has 0 aromatic rings. The highest BCUT2D eigenvalue weighted by Crippen LogP contribution is 2.44. The van der Waals surface area contributed by atoms with Crippen LogP contribution in [0.3, 0.4) is 0 Å². The molecule has 0 rings (SSSR count). The summed E-state index contributed by atoms with van der Waals surface area (Å²) in [5.41, 5.74) is 0. The van der Waals surface area contributed by atoms with Gasteiger partial charge in [0.05, 0.1) is 6.61 Å². The maximum Gasteiger partial charge on any atom is 0.187 e. The second-order valence-electron chi connectivity index (χ2n) is 3.72. The molecule has 16 heavy (non-hydrogen) atoms. The highest BCUT2D eigenvalue weighted by Gasteiger charge is 2.22. The van der Waals surface area contributed by atoms with E-state index in [0.717, 1.165) is 32.8 Å². The third kappa shape index (κ3) is 5.58. The molecule has 0 fully saturated rings. The van der Waals surface area contributed by atoms with Gasteiger partial charge in [-0.25, -0.2) is 9.34 Å². The van der Waals surface area contributed by atoms with Crippen LogP contribution in [0.2, 0.25) is 0 Å². The highest BCUT2D eigenvalue weighted by atomic mass is 31.2. The Morgan fingerprint density at radius 2 is 1.25 bits per heavy atom. The molecule has 0 amide bonds. The van der Waals surface area contributed by atoms with Crippen LogP contribution in [-0.2, 0) is 4.52 Å². The molecule has 0 saturated heterocycles. The predicted octanol–water partition coefficient (Wildman–Crippen LogP) is 3.71. The van der Waals surface area contributed by atoms with E-state index in [1.807, 2.05) is 0 Å². The van der Waals surface area contributed by atoms with Gasteiger partial charge < -0.3 is 4.52 Å². The van der Waals surface area contributed by atoms with E-state index >= 15 is 0 Å². The van der Waals surface area contributed by atoms with E-state index in [-0.39, 0.29) is 0 Å². The quantitative estimate of drug-likeness (QED) is 0.433. The van der Waals surface area contributed by atoms with Crippen molar-refractivity contribution in [3.63, 3.8) is 0 Å². The average Bonchev–Trinajstić information content (AvgIpc) is 2.31. The topological polar surface area (TPSA) is 15.7 Å². The fourth-order valence-corrected chi connectivity index (χ4v) is 3.51. The number of rotatable bonds is 10. The molecular formula is C12H29N2OP. The van der Waals surface area contributed by atoms with E-state index in [1.54, 1.807) is 0 Å². The number of hydrogen-bond donors (Lipinski definition) is 0. The van der Waals surface area contributed by atoms with Crippen molar-refractivity contribution in [3.05, 3.63) is 0 Å². The van der Waals surface area contributed by atoms with Gasteiger partial charge in [0.25, 0.3) is 0 Å². The first-order valence-corrected chi connectivity index (χ1v) is 7.84. The molecule has 0 aromatic heterocycles. The van der Waals surface area contributed by atoms with Crippen molar-refractivity contribution in [2.24, 2.45) is 0 Å². The Bertz CT molecular complexity index is 138. The summed E-state index contributed by atoms with van der Waals surface area (Å²) in [5.74, 6) is 0. The fourth-order valence-electron chi connectivity index (χ4n) is 1.56. The van der Waals surface area contributed by atoms with Crippen LogP contribution in [0.15, 0.2) is 0 Å². The Morgan fingerprint density at radius 1 is 0.812 bits per heavy atom. The van der Waals surface area contributed by atoms with Gasteiger partial charge in [-0.1, -0.05) is 41.0 Å². The van der Waals surface area contributed by atoms with Crippen LogP contribution >= 0.6 is 8.45 Å². The monoisotopic (exact) mass is 248 g/mol.